The molecule has 0 aliphatic carbocycles. The predicted molar refractivity (Wildman–Crippen MR) is 85.3 cm³/mol. The molecule has 1 aliphatic heterocycles. The van der Waals surface area contributed by atoms with Crippen molar-refractivity contribution in [1.82, 2.24) is 10.2 Å². The molecule has 1 heterocycles. The van der Waals surface area contributed by atoms with E-state index in [1.807, 2.05) is 7.05 Å². The summed E-state index contributed by atoms with van der Waals surface area (Å²) in [5, 5.41) is 5.58. The van der Waals surface area contributed by atoms with Gasteiger partial charge in [0.05, 0.1) is 12.2 Å². The Labute approximate surface area is 135 Å². The summed E-state index contributed by atoms with van der Waals surface area (Å²) >= 11 is 0. The first-order valence-electron chi connectivity index (χ1n) is 7.20. The number of carbonyl (C=O) groups excluding carboxylic acids is 1. The van der Waals surface area contributed by atoms with Gasteiger partial charge in [-0.05, 0) is 51.0 Å². The highest BCUT2D eigenvalue weighted by atomic mass is 35.5. The smallest absolute Gasteiger partial charge is 0.238 e. The maximum Gasteiger partial charge on any atom is 0.238 e. The van der Waals surface area contributed by atoms with Crippen LogP contribution in [-0.4, -0.2) is 44.0 Å². The van der Waals surface area contributed by atoms with Crippen molar-refractivity contribution in [3.63, 3.8) is 0 Å². The van der Waals surface area contributed by atoms with E-state index in [9.17, 15) is 13.6 Å². The minimum atomic E-state index is -0.628. The Morgan fingerprint density at radius 3 is 2.91 bits per heavy atom. The third-order valence-corrected chi connectivity index (χ3v) is 3.67. The molecule has 0 spiro atoms. The quantitative estimate of drug-likeness (QED) is 0.868. The molecule has 1 atom stereocenters. The van der Waals surface area contributed by atoms with Crippen LogP contribution in [0, 0.1) is 17.6 Å². The highest BCUT2D eigenvalue weighted by Gasteiger charge is 2.21. The van der Waals surface area contributed by atoms with Gasteiger partial charge in [0.15, 0.2) is 0 Å². The van der Waals surface area contributed by atoms with E-state index in [0.29, 0.717) is 5.92 Å². The van der Waals surface area contributed by atoms with E-state index in [1.165, 1.54) is 0 Å². The van der Waals surface area contributed by atoms with Crippen LogP contribution in [0.25, 0.3) is 0 Å². The Balaban J connectivity index is 0.00000242. The van der Waals surface area contributed by atoms with E-state index in [2.05, 4.69) is 15.5 Å². The number of amides is 1. The van der Waals surface area contributed by atoms with Crippen molar-refractivity contribution in [2.24, 2.45) is 5.92 Å². The second-order valence-electron chi connectivity index (χ2n) is 5.47. The molecule has 0 bridgehead atoms. The number of nitrogens with zero attached hydrogens (tertiary/aromatic N) is 1. The first-order chi connectivity index (χ1) is 10.1. The summed E-state index contributed by atoms with van der Waals surface area (Å²) < 4.78 is 26.5. The molecular formula is C15H22ClF2N3O. The molecule has 0 radical (unpaired) electrons. The first-order valence-corrected chi connectivity index (χ1v) is 7.20. The van der Waals surface area contributed by atoms with Crippen LogP contribution in [-0.2, 0) is 4.79 Å². The third kappa shape index (κ3) is 5.51. The van der Waals surface area contributed by atoms with E-state index in [4.69, 9.17) is 0 Å². The molecule has 1 aliphatic rings. The average Bonchev–Trinajstić information content (AvgIpc) is 2.43. The van der Waals surface area contributed by atoms with Crippen LogP contribution in [0.15, 0.2) is 18.2 Å². The highest BCUT2D eigenvalue weighted by Crippen LogP contribution is 2.17. The molecule has 22 heavy (non-hydrogen) atoms. The summed E-state index contributed by atoms with van der Waals surface area (Å²) in [6.07, 6.45) is 2.20. The maximum absolute atomic E-state index is 13.5. The minimum Gasteiger partial charge on any atom is -0.322 e. The van der Waals surface area contributed by atoms with E-state index < -0.39 is 11.6 Å². The average molecular weight is 334 g/mol. The molecule has 0 saturated carbocycles. The molecule has 4 nitrogen and oxygen atoms in total. The van der Waals surface area contributed by atoms with Gasteiger partial charge in [-0.25, -0.2) is 8.78 Å². The first kappa shape index (κ1) is 18.8. The fourth-order valence-corrected chi connectivity index (χ4v) is 2.74. The Kier molecular flexibility index (Phi) is 7.72. The fraction of sp³-hybridized carbons (Fsp3) is 0.533. The van der Waals surface area contributed by atoms with Crippen molar-refractivity contribution in [1.29, 1.82) is 0 Å². The zero-order valence-corrected chi connectivity index (χ0v) is 13.4. The molecule has 1 saturated heterocycles. The van der Waals surface area contributed by atoms with Gasteiger partial charge in [-0.15, -0.1) is 12.4 Å². The Bertz CT molecular complexity index is 500. The van der Waals surface area contributed by atoms with Crippen molar-refractivity contribution in [2.45, 2.75) is 12.8 Å². The molecular weight excluding hydrogens is 312 g/mol. The van der Waals surface area contributed by atoms with Crippen LogP contribution >= 0.6 is 12.4 Å². The van der Waals surface area contributed by atoms with Crippen molar-refractivity contribution in [2.75, 3.05) is 38.5 Å². The number of carbonyl (C=O) groups is 1. The van der Waals surface area contributed by atoms with E-state index in [1.54, 1.807) is 0 Å². The Hall–Kier alpha value is -1.24. The number of piperidine rings is 1. The van der Waals surface area contributed by atoms with Crippen LogP contribution in [0.5, 0.6) is 0 Å². The summed E-state index contributed by atoms with van der Waals surface area (Å²) in [4.78, 5) is 14.0. The lowest BCUT2D eigenvalue weighted by atomic mass is 9.98. The molecule has 1 fully saturated rings. The van der Waals surface area contributed by atoms with Gasteiger partial charge in [-0.2, -0.15) is 0 Å². The van der Waals surface area contributed by atoms with E-state index >= 15 is 0 Å². The molecule has 1 amide bonds. The van der Waals surface area contributed by atoms with Crippen LogP contribution in [0.3, 0.4) is 0 Å². The van der Waals surface area contributed by atoms with Crippen LogP contribution in [0.2, 0.25) is 0 Å². The molecule has 7 heteroatoms. The number of benzene rings is 1. The predicted octanol–water partition coefficient (Wildman–Crippen LogP) is 2.26. The van der Waals surface area contributed by atoms with Gasteiger partial charge < -0.3 is 10.6 Å². The van der Waals surface area contributed by atoms with Gasteiger partial charge in [-0.3, -0.25) is 9.69 Å². The molecule has 1 aromatic carbocycles. The number of rotatable bonds is 5. The molecule has 2 N–H and O–H groups in total. The fourth-order valence-electron chi connectivity index (χ4n) is 2.74. The van der Waals surface area contributed by atoms with Crippen LogP contribution in [0.1, 0.15) is 12.8 Å². The zero-order chi connectivity index (χ0) is 15.2. The normalized spacial score (nSPS) is 18.6. The van der Waals surface area contributed by atoms with Gasteiger partial charge in [0, 0.05) is 12.6 Å². The van der Waals surface area contributed by atoms with E-state index in [-0.39, 0.29) is 30.5 Å². The minimum absolute atomic E-state index is 0. The van der Waals surface area contributed by atoms with Gasteiger partial charge in [0.2, 0.25) is 5.91 Å². The molecule has 1 aromatic rings. The third-order valence-electron chi connectivity index (χ3n) is 3.67. The lowest BCUT2D eigenvalue weighted by Crippen LogP contribution is -2.42. The lowest BCUT2D eigenvalue weighted by molar-refractivity contribution is -0.117. The second-order valence-corrected chi connectivity index (χ2v) is 5.47. The lowest BCUT2D eigenvalue weighted by Gasteiger charge is -2.32. The van der Waals surface area contributed by atoms with Gasteiger partial charge in [0.1, 0.15) is 11.6 Å². The largest absolute Gasteiger partial charge is 0.322 e. The SMILES string of the molecule is CNCC1CCCN(CC(=O)Nc2cc(F)ccc2F)C1.Cl. The number of likely N-dealkylation sites (tertiary alicyclic amines) is 1. The second kappa shape index (κ2) is 9.02. The maximum atomic E-state index is 13.5. The number of halogens is 3. The van der Waals surface area contributed by atoms with Crippen molar-refractivity contribution < 1.29 is 13.6 Å². The van der Waals surface area contributed by atoms with E-state index in [0.717, 1.165) is 50.7 Å². The number of hydrogen-bond acceptors (Lipinski definition) is 3. The molecule has 1 unspecified atom stereocenters. The standard InChI is InChI=1S/C15H21F2N3O.ClH/c1-18-8-11-3-2-6-20(9-11)10-15(21)19-14-7-12(16)4-5-13(14)17;/h4-5,7,11,18H,2-3,6,8-10H2,1H3,(H,19,21);1H. The Morgan fingerprint density at radius 2 is 2.18 bits per heavy atom. The Morgan fingerprint density at radius 1 is 1.41 bits per heavy atom. The van der Waals surface area contributed by atoms with Crippen molar-refractivity contribution in [3.05, 3.63) is 29.8 Å². The molecule has 2 rings (SSSR count). The number of anilines is 1. The topological polar surface area (TPSA) is 44.4 Å². The zero-order valence-electron chi connectivity index (χ0n) is 12.6. The summed E-state index contributed by atoms with van der Waals surface area (Å²) in [7, 11) is 1.92. The van der Waals surface area contributed by atoms with Crippen LogP contribution in [0.4, 0.5) is 14.5 Å². The molecule has 124 valence electrons. The molecule has 0 aromatic heterocycles. The highest BCUT2D eigenvalue weighted by molar-refractivity contribution is 5.92. The monoisotopic (exact) mass is 333 g/mol. The number of hydrogen-bond donors (Lipinski definition) is 2. The van der Waals surface area contributed by atoms with Crippen molar-refractivity contribution >= 4 is 24.0 Å². The summed E-state index contributed by atoms with van der Waals surface area (Å²) in [6.45, 7) is 2.84. The summed E-state index contributed by atoms with van der Waals surface area (Å²) in [5.41, 5.74) is -0.108. The van der Waals surface area contributed by atoms with Gasteiger partial charge in [0.25, 0.3) is 0 Å². The number of nitrogens with one attached hydrogen (secondary N) is 2. The van der Waals surface area contributed by atoms with Crippen molar-refractivity contribution in [3.8, 4) is 0 Å². The summed E-state index contributed by atoms with van der Waals surface area (Å²) in [6, 6.07) is 3.03. The van der Waals surface area contributed by atoms with Crippen LogP contribution < -0.4 is 10.6 Å². The summed E-state index contributed by atoms with van der Waals surface area (Å²) in [5.74, 6) is -0.984. The van der Waals surface area contributed by atoms with Gasteiger partial charge >= 0.3 is 0 Å². The van der Waals surface area contributed by atoms with Gasteiger partial charge in [-0.1, -0.05) is 0 Å².